The van der Waals surface area contributed by atoms with Crippen LogP contribution in [-0.4, -0.2) is 34.2 Å². The number of nitrogens with one attached hydrogen (secondary N) is 2. The van der Waals surface area contributed by atoms with E-state index in [9.17, 15) is 14.4 Å². The Kier molecular flexibility index (Phi) is 7.18. The maximum Gasteiger partial charge on any atom is 0.311 e. The second-order valence-electron chi connectivity index (χ2n) is 6.29. The van der Waals surface area contributed by atoms with Crippen molar-refractivity contribution < 1.29 is 14.3 Å². The topological polar surface area (TPSA) is 101 Å². The first-order valence-corrected chi connectivity index (χ1v) is 9.41. The van der Waals surface area contributed by atoms with Crippen LogP contribution in [0, 0.1) is 0 Å². The lowest BCUT2D eigenvalue weighted by molar-refractivity contribution is -0.139. The van der Waals surface area contributed by atoms with Gasteiger partial charge in [0.2, 0.25) is 5.91 Å². The maximum absolute atomic E-state index is 12.6. The number of methoxy groups -OCH3 is 1. The molecule has 0 fully saturated rings. The number of esters is 1. The second-order valence-corrected chi connectivity index (χ2v) is 7.62. The van der Waals surface area contributed by atoms with Crippen LogP contribution in [0.1, 0.15) is 37.9 Å². The third-order valence-electron chi connectivity index (χ3n) is 3.82. The predicted molar refractivity (Wildman–Crippen MR) is 105 cm³/mol. The molecule has 1 heterocycles. The van der Waals surface area contributed by atoms with Crippen molar-refractivity contribution in [3.8, 4) is 0 Å². The van der Waals surface area contributed by atoms with Gasteiger partial charge in [0.05, 0.1) is 24.5 Å². The Morgan fingerprint density at radius 1 is 1.26 bits per heavy atom. The third-order valence-corrected chi connectivity index (χ3v) is 4.81. The summed E-state index contributed by atoms with van der Waals surface area (Å²) >= 11 is 1.12. The number of carbonyl (C=O) groups excluding carboxylic acids is 2. The summed E-state index contributed by atoms with van der Waals surface area (Å²) in [4.78, 5) is 42.5. The maximum atomic E-state index is 12.6. The van der Waals surface area contributed by atoms with Gasteiger partial charge in [-0.2, -0.15) is 0 Å². The minimum absolute atomic E-state index is 0.101. The first kappa shape index (κ1) is 20.7. The fourth-order valence-corrected chi connectivity index (χ4v) is 3.25. The van der Waals surface area contributed by atoms with E-state index in [1.165, 1.54) is 13.2 Å². The number of aromatic nitrogens is 2. The van der Waals surface area contributed by atoms with Gasteiger partial charge in [-0.25, -0.2) is 4.98 Å². The molecule has 0 aliphatic heterocycles. The number of thioether (sulfide) groups is 1. The van der Waals surface area contributed by atoms with Crippen molar-refractivity contribution in [3.05, 3.63) is 51.9 Å². The summed E-state index contributed by atoms with van der Waals surface area (Å²) in [7, 11) is 1.27. The average Bonchev–Trinajstić information content (AvgIpc) is 2.61. The monoisotopic (exact) mass is 389 g/mol. The van der Waals surface area contributed by atoms with Crippen LogP contribution in [0.15, 0.2) is 40.3 Å². The summed E-state index contributed by atoms with van der Waals surface area (Å²) in [5.41, 5.74) is 1.73. The summed E-state index contributed by atoms with van der Waals surface area (Å²) < 4.78 is 4.59. The zero-order chi connectivity index (χ0) is 20.0. The van der Waals surface area contributed by atoms with Gasteiger partial charge in [0.15, 0.2) is 5.16 Å². The summed E-state index contributed by atoms with van der Waals surface area (Å²) in [6.45, 7) is 5.85. The molecule has 0 spiro atoms. The quantitative estimate of drug-likeness (QED) is 0.429. The molecule has 0 aliphatic carbocycles. The van der Waals surface area contributed by atoms with Crippen LogP contribution >= 0.6 is 11.8 Å². The van der Waals surface area contributed by atoms with E-state index in [2.05, 4.69) is 33.9 Å². The van der Waals surface area contributed by atoms with Crippen molar-refractivity contribution in [1.29, 1.82) is 0 Å². The zero-order valence-electron chi connectivity index (χ0n) is 15.7. The summed E-state index contributed by atoms with van der Waals surface area (Å²) in [6.07, 6.45) is -0.101. The summed E-state index contributed by atoms with van der Waals surface area (Å²) in [6, 6.07) is 8.89. The number of anilines is 1. The standard InChI is InChI=1S/C19H23N3O4S/c1-11(2)14-7-5-6-8-15(14)21-18(25)12(3)27-19-20-13(9-16(23)22-19)10-17(24)26-4/h5-9,11-12H,10H2,1-4H3,(H,21,25)(H,20,22,23)/t12-/m1/s1. The van der Waals surface area contributed by atoms with Crippen LogP contribution in [0.2, 0.25) is 0 Å². The predicted octanol–water partition coefficient (Wildman–Crippen LogP) is 2.73. The van der Waals surface area contributed by atoms with Crippen molar-refractivity contribution >= 4 is 29.3 Å². The van der Waals surface area contributed by atoms with E-state index in [4.69, 9.17) is 0 Å². The van der Waals surface area contributed by atoms with E-state index in [1.54, 1.807) is 6.92 Å². The smallest absolute Gasteiger partial charge is 0.311 e. The molecule has 7 nitrogen and oxygen atoms in total. The number of carbonyl (C=O) groups is 2. The Balaban J connectivity index is 2.11. The van der Waals surface area contributed by atoms with Gasteiger partial charge in [-0.15, -0.1) is 0 Å². The van der Waals surface area contributed by atoms with Gasteiger partial charge < -0.3 is 15.0 Å². The van der Waals surface area contributed by atoms with Crippen molar-refractivity contribution in [3.63, 3.8) is 0 Å². The summed E-state index contributed by atoms with van der Waals surface area (Å²) in [5, 5.41) is 2.71. The fraction of sp³-hybridized carbons (Fsp3) is 0.368. The van der Waals surface area contributed by atoms with E-state index in [0.717, 1.165) is 23.0 Å². The van der Waals surface area contributed by atoms with Crippen LogP contribution in [0.5, 0.6) is 0 Å². The van der Waals surface area contributed by atoms with Crippen LogP contribution in [0.4, 0.5) is 5.69 Å². The van der Waals surface area contributed by atoms with Gasteiger partial charge in [-0.1, -0.05) is 43.8 Å². The highest BCUT2D eigenvalue weighted by Crippen LogP contribution is 2.25. The number of hydrogen-bond donors (Lipinski definition) is 2. The van der Waals surface area contributed by atoms with E-state index >= 15 is 0 Å². The van der Waals surface area contributed by atoms with Gasteiger partial charge in [0.1, 0.15) is 0 Å². The third kappa shape index (κ3) is 5.96. The molecule has 1 aromatic heterocycles. The van der Waals surface area contributed by atoms with Gasteiger partial charge >= 0.3 is 5.97 Å². The van der Waals surface area contributed by atoms with Gasteiger partial charge in [-0.05, 0) is 24.5 Å². The van der Waals surface area contributed by atoms with Gasteiger partial charge in [-0.3, -0.25) is 14.4 Å². The Morgan fingerprint density at radius 3 is 2.63 bits per heavy atom. The number of ether oxygens (including phenoxy) is 1. The largest absolute Gasteiger partial charge is 0.469 e. The molecule has 1 aromatic carbocycles. The number of para-hydroxylation sites is 1. The number of aromatic amines is 1. The molecule has 0 radical (unpaired) electrons. The zero-order valence-corrected chi connectivity index (χ0v) is 16.6. The van der Waals surface area contributed by atoms with E-state index in [-0.39, 0.29) is 29.0 Å². The first-order chi connectivity index (χ1) is 12.8. The minimum Gasteiger partial charge on any atom is -0.469 e. The molecule has 8 heteroatoms. The lowest BCUT2D eigenvalue weighted by atomic mass is 10.0. The number of nitrogens with zero attached hydrogens (tertiary/aromatic N) is 1. The van der Waals surface area contributed by atoms with Crippen LogP contribution in [0.25, 0.3) is 0 Å². The molecular weight excluding hydrogens is 366 g/mol. The Morgan fingerprint density at radius 2 is 1.96 bits per heavy atom. The average molecular weight is 389 g/mol. The summed E-state index contributed by atoms with van der Waals surface area (Å²) in [5.74, 6) is -0.410. The van der Waals surface area contributed by atoms with E-state index in [1.807, 2.05) is 24.3 Å². The van der Waals surface area contributed by atoms with Gasteiger partial charge in [0.25, 0.3) is 5.56 Å². The molecule has 27 heavy (non-hydrogen) atoms. The number of amides is 1. The number of H-pyrrole nitrogens is 1. The van der Waals surface area contributed by atoms with Gasteiger partial charge in [0, 0.05) is 11.8 Å². The van der Waals surface area contributed by atoms with Crippen molar-refractivity contribution in [2.45, 2.75) is 43.5 Å². The molecule has 2 aromatic rings. The SMILES string of the molecule is COC(=O)Cc1cc(=O)[nH]c(S[C@H](C)C(=O)Nc2ccccc2C(C)C)n1. The highest BCUT2D eigenvalue weighted by atomic mass is 32.2. The number of hydrogen-bond acceptors (Lipinski definition) is 6. The highest BCUT2D eigenvalue weighted by Gasteiger charge is 2.18. The molecule has 0 saturated carbocycles. The number of benzene rings is 1. The van der Waals surface area contributed by atoms with Crippen molar-refractivity contribution in [2.24, 2.45) is 0 Å². The van der Waals surface area contributed by atoms with Crippen molar-refractivity contribution in [2.75, 3.05) is 12.4 Å². The van der Waals surface area contributed by atoms with E-state index in [0.29, 0.717) is 5.69 Å². The fourth-order valence-electron chi connectivity index (χ4n) is 2.42. The molecule has 144 valence electrons. The molecular formula is C19H23N3O4S. The van der Waals surface area contributed by atoms with Crippen molar-refractivity contribution in [1.82, 2.24) is 9.97 Å². The number of rotatable bonds is 7. The van der Waals surface area contributed by atoms with Crippen LogP contribution in [-0.2, 0) is 20.7 Å². The van der Waals surface area contributed by atoms with Crippen LogP contribution in [0.3, 0.4) is 0 Å². The lowest BCUT2D eigenvalue weighted by Gasteiger charge is -2.16. The molecule has 0 bridgehead atoms. The highest BCUT2D eigenvalue weighted by molar-refractivity contribution is 8.00. The Bertz CT molecular complexity index is 879. The minimum atomic E-state index is -0.498. The Labute approximate surface area is 161 Å². The molecule has 0 aliphatic rings. The second kappa shape index (κ2) is 9.36. The lowest BCUT2D eigenvalue weighted by Crippen LogP contribution is -2.24. The van der Waals surface area contributed by atoms with E-state index < -0.39 is 11.2 Å². The Hall–Kier alpha value is -2.61. The molecule has 1 atom stereocenters. The molecule has 2 rings (SSSR count). The molecule has 0 unspecified atom stereocenters. The molecule has 1 amide bonds. The molecule has 2 N–H and O–H groups in total. The van der Waals surface area contributed by atoms with Crippen LogP contribution < -0.4 is 10.9 Å². The normalized spacial score (nSPS) is 11.9. The first-order valence-electron chi connectivity index (χ1n) is 8.53. The molecule has 0 saturated heterocycles.